The van der Waals surface area contributed by atoms with Crippen molar-refractivity contribution in [1.82, 2.24) is 15.0 Å². The number of pyridine rings is 1. The summed E-state index contributed by atoms with van der Waals surface area (Å²) < 4.78 is 5.94. The molecule has 94 valence electrons. The number of nitrogens with zero attached hydrogens (tertiary/aromatic N) is 3. The van der Waals surface area contributed by atoms with Gasteiger partial charge in [0.15, 0.2) is 5.82 Å². The van der Waals surface area contributed by atoms with E-state index in [4.69, 9.17) is 10.5 Å². The van der Waals surface area contributed by atoms with Gasteiger partial charge in [-0.05, 0) is 41.6 Å². The largest absolute Gasteiger partial charge is 0.383 e. The maximum Gasteiger partial charge on any atom is 0.163 e. The highest BCUT2D eigenvalue weighted by atomic mass is 127. The van der Waals surface area contributed by atoms with Gasteiger partial charge < -0.3 is 10.5 Å². The van der Waals surface area contributed by atoms with Crippen molar-refractivity contribution >= 4 is 28.4 Å². The number of aryl methyl sites for hydroxylation is 1. The third-order valence-corrected chi connectivity index (χ3v) is 3.57. The normalized spacial score (nSPS) is 10.6. The first-order chi connectivity index (χ1) is 8.61. The lowest BCUT2D eigenvalue weighted by Gasteiger charge is -2.08. The first-order valence-electron chi connectivity index (χ1n) is 5.35. The van der Waals surface area contributed by atoms with Crippen LogP contribution in [-0.2, 0) is 11.3 Å². The molecule has 0 spiro atoms. The fraction of sp³-hybridized carbons (Fsp3) is 0.250. The van der Waals surface area contributed by atoms with Crippen molar-refractivity contribution < 1.29 is 4.74 Å². The Bertz CT molecular complexity index is 557. The highest BCUT2D eigenvalue weighted by molar-refractivity contribution is 14.1. The number of rotatable bonds is 3. The first-order valence-corrected chi connectivity index (χ1v) is 6.43. The molecule has 0 unspecified atom stereocenters. The second-order valence-electron chi connectivity index (χ2n) is 3.81. The fourth-order valence-corrected chi connectivity index (χ4v) is 1.87. The minimum atomic E-state index is 0.414. The van der Waals surface area contributed by atoms with Crippen molar-refractivity contribution in [3.63, 3.8) is 0 Å². The van der Waals surface area contributed by atoms with E-state index in [-0.39, 0.29) is 0 Å². The minimum absolute atomic E-state index is 0.414. The number of halogens is 1. The molecule has 2 rings (SSSR count). The van der Waals surface area contributed by atoms with Gasteiger partial charge in [0, 0.05) is 24.6 Å². The molecule has 2 heterocycles. The summed E-state index contributed by atoms with van der Waals surface area (Å²) in [6.45, 7) is 2.35. The Labute approximate surface area is 119 Å². The van der Waals surface area contributed by atoms with Gasteiger partial charge in [-0.25, -0.2) is 9.97 Å². The van der Waals surface area contributed by atoms with Crippen molar-refractivity contribution in [1.29, 1.82) is 0 Å². The van der Waals surface area contributed by atoms with Crippen LogP contribution in [0.15, 0.2) is 18.3 Å². The van der Waals surface area contributed by atoms with Gasteiger partial charge in [-0.1, -0.05) is 0 Å². The second kappa shape index (κ2) is 5.57. The van der Waals surface area contributed by atoms with Gasteiger partial charge in [0.2, 0.25) is 0 Å². The van der Waals surface area contributed by atoms with E-state index in [1.165, 1.54) is 0 Å². The van der Waals surface area contributed by atoms with Crippen LogP contribution in [0.1, 0.15) is 11.4 Å². The predicted molar refractivity (Wildman–Crippen MR) is 77.8 cm³/mol. The van der Waals surface area contributed by atoms with Crippen molar-refractivity contribution in [3.8, 4) is 11.4 Å². The lowest BCUT2D eigenvalue weighted by molar-refractivity contribution is 0.181. The average Bonchev–Trinajstić information content (AvgIpc) is 2.36. The molecule has 2 aromatic rings. The van der Waals surface area contributed by atoms with Crippen LogP contribution < -0.4 is 5.73 Å². The van der Waals surface area contributed by atoms with Crippen LogP contribution >= 0.6 is 22.6 Å². The molecular weight excluding hydrogens is 343 g/mol. The summed E-state index contributed by atoms with van der Waals surface area (Å²) in [5.41, 5.74) is 8.48. The Balaban J connectivity index is 2.48. The van der Waals surface area contributed by atoms with Crippen LogP contribution in [0.4, 0.5) is 5.82 Å². The molecule has 0 aliphatic rings. The smallest absolute Gasteiger partial charge is 0.163 e. The van der Waals surface area contributed by atoms with Crippen molar-refractivity contribution in [2.45, 2.75) is 13.5 Å². The number of methoxy groups -OCH3 is 1. The minimum Gasteiger partial charge on any atom is -0.383 e. The van der Waals surface area contributed by atoms with Gasteiger partial charge >= 0.3 is 0 Å². The Kier molecular flexibility index (Phi) is 4.07. The summed E-state index contributed by atoms with van der Waals surface area (Å²) in [7, 11) is 1.63. The third kappa shape index (κ3) is 2.75. The highest BCUT2D eigenvalue weighted by Gasteiger charge is 2.11. The number of aromatic nitrogens is 3. The van der Waals surface area contributed by atoms with Crippen molar-refractivity contribution in [2.24, 2.45) is 0 Å². The van der Waals surface area contributed by atoms with E-state index < -0.39 is 0 Å². The molecule has 0 amide bonds. The molecule has 0 aliphatic heterocycles. The molecule has 2 N–H and O–H groups in total. The monoisotopic (exact) mass is 356 g/mol. The third-order valence-electron chi connectivity index (χ3n) is 2.40. The summed E-state index contributed by atoms with van der Waals surface area (Å²) in [4.78, 5) is 13.0. The zero-order valence-electron chi connectivity index (χ0n) is 10.1. The van der Waals surface area contributed by atoms with Crippen LogP contribution in [0, 0.1) is 10.5 Å². The van der Waals surface area contributed by atoms with Crippen LogP contribution in [0.5, 0.6) is 0 Å². The van der Waals surface area contributed by atoms with Crippen LogP contribution in [0.2, 0.25) is 0 Å². The molecular formula is C12H13IN4O. The van der Waals surface area contributed by atoms with Gasteiger partial charge in [0.25, 0.3) is 0 Å². The van der Waals surface area contributed by atoms with E-state index in [1.807, 2.05) is 19.1 Å². The first kappa shape index (κ1) is 13.2. The topological polar surface area (TPSA) is 73.9 Å². The van der Waals surface area contributed by atoms with Gasteiger partial charge in [-0.2, -0.15) is 0 Å². The van der Waals surface area contributed by atoms with Gasteiger partial charge in [0.1, 0.15) is 5.82 Å². The lowest BCUT2D eigenvalue weighted by Crippen LogP contribution is -2.06. The van der Waals surface area contributed by atoms with E-state index in [2.05, 4.69) is 37.5 Å². The molecule has 2 aromatic heterocycles. The SMILES string of the molecule is COCc1nc(-c2ccc(C)nc2)nc(N)c1I. The standard InChI is InChI=1S/C12H13IN4O/c1-7-3-4-8(5-15-7)12-16-9(6-18-2)10(13)11(14)17-12/h3-5H,6H2,1-2H3,(H2,14,16,17). The quantitative estimate of drug-likeness (QED) is 0.854. The zero-order chi connectivity index (χ0) is 13.1. The molecule has 0 bridgehead atoms. The molecule has 0 aliphatic carbocycles. The number of nitrogens with two attached hydrogens (primary N) is 1. The summed E-state index contributed by atoms with van der Waals surface area (Å²) >= 11 is 2.12. The number of ether oxygens (including phenoxy) is 1. The zero-order valence-corrected chi connectivity index (χ0v) is 12.3. The highest BCUT2D eigenvalue weighted by Crippen LogP contribution is 2.22. The van der Waals surface area contributed by atoms with E-state index in [0.717, 1.165) is 20.5 Å². The maximum absolute atomic E-state index is 5.88. The van der Waals surface area contributed by atoms with Crippen LogP contribution in [0.3, 0.4) is 0 Å². The molecule has 0 radical (unpaired) electrons. The molecule has 0 fully saturated rings. The molecule has 0 saturated heterocycles. The summed E-state index contributed by atoms with van der Waals surface area (Å²) in [5, 5.41) is 0. The van der Waals surface area contributed by atoms with Gasteiger partial charge in [0.05, 0.1) is 15.9 Å². The fourth-order valence-electron chi connectivity index (χ4n) is 1.47. The molecule has 0 aromatic carbocycles. The Hall–Kier alpha value is -1.28. The van der Waals surface area contributed by atoms with Crippen LogP contribution in [0.25, 0.3) is 11.4 Å². The molecule has 18 heavy (non-hydrogen) atoms. The maximum atomic E-state index is 5.88. The predicted octanol–water partition coefficient (Wildman–Crippen LogP) is 2.18. The Morgan fingerprint density at radius 3 is 2.72 bits per heavy atom. The second-order valence-corrected chi connectivity index (χ2v) is 4.89. The number of nitrogen functional groups attached to an aromatic ring is 1. The Morgan fingerprint density at radius 2 is 2.11 bits per heavy atom. The molecule has 0 saturated carbocycles. The van der Waals surface area contributed by atoms with E-state index in [0.29, 0.717) is 18.2 Å². The molecule has 0 atom stereocenters. The van der Waals surface area contributed by atoms with Crippen molar-refractivity contribution in [3.05, 3.63) is 33.3 Å². The summed E-state index contributed by atoms with van der Waals surface area (Å²) in [6.07, 6.45) is 1.74. The number of anilines is 1. The van der Waals surface area contributed by atoms with E-state index in [1.54, 1.807) is 13.3 Å². The van der Waals surface area contributed by atoms with Crippen molar-refractivity contribution in [2.75, 3.05) is 12.8 Å². The molecule has 6 heteroatoms. The van der Waals surface area contributed by atoms with E-state index in [9.17, 15) is 0 Å². The molecule has 5 nitrogen and oxygen atoms in total. The van der Waals surface area contributed by atoms with Gasteiger partial charge in [-0.3, -0.25) is 4.98 Å². The van der Waals surface area contributed by atoms with E-state index >= 15 is 0 Å². The number of hydrogen-bond donors (Lipinski definition) is 1. The van der Waals surface area contributed by atoms with Crippen LogP contribution in [-0.4, -0.2) is 22.1 Å². The lowest BCUT2D eigenvalue weighted by atomic mass is 10.2. The average molecular weight is 356 g/mol. The number of hydrogen-bond acceptors (Lipinski definition) is 5. The van der Waals surface area contributed by atoms with Gasteiger partial charge in [-0.15, -0.1) is 0 Å². The summed E-state index contributed by atoms with van der Waals surface area (Å²) in [6, 6.07) is 3.85. The Morgan fingerprint density at radius 1 is 1.33 bits per heavy atom. The summed E-state index contributed by atoms with van der Waals surface area (Å²) in [5.74, 6) is 1.04.